The maximum atomic E-state index is 11.5. The van der Waals surface area contributed by atoms with E-state index in [2.05, 4.69) is 10.6 Å². The second-order valence-electron chi connectivity index (χ2n) is 4.32. The summed E-state index contributed by atoms with van der Waals surface area (Å²) in [6.45, 7) is 6.05. The molecule has 0 saturated heterocycles. The van der Waals surface area contributed by atoms with Crippen LogP contribution in [0.5, 0.6) is 0 Å². The predicted molar refractivity (Wildman–Crippen MR) is 62.3 cm³/mol. The van der Waals surface area contributed by atoms with Crippen LogP contribution in [-0.4, -0.2) is 35.5 Å². The second-order valence-corrected chi connectivity index (χ2v) is 4.32. The molecule has 0 bridgehead atoms. The fraction of sp³-hybridized carbons (Fsp3) is 0.727. The summed E-state index contributed by atoms with van der Waals surface area (Å²) in [5, 5.41) is 13.5. The minimum Gasteiger partial charge on any atom is -0.481 e. The largest absolute Gasteiger partial charge is 0.481 e. The first-order valence-corrected chi connectivity index (χ1v) is 5.61. The van der Waals surface area contributed by atoms with Gasteiger partial charge in [0.25, 0.3) is 0 Å². The topological polar surface area (TPSA) is 95.5 Å². The molecule has 6 heteroatoms. The number of carboxylic acids is 1. The first-order chi connectivity index (χ1) is 7.82. The van der Waals surface area contributed by atoms with Crippen molar-refractivity contribution in [2.24, 2.45) is 5.92 Å². The molecule has 6 nitrogen and oxygen atoms in total. The predicted octanol–water partition coefficient (Wildman–Crippen LogP) is 0.128. The van der Waals surface area contributed by atoms with Gasteiger partial charge in [-0.3, -0.25) is 14.4 Å². The maximum absolute atomic E-state index is 11.5. The lowest BCUT2D eigenvalue weighted by Gasteiger charge is -2.14. The van der Waals surface area contributed by atoms with E-state index in [1.807, 2.05) is 13.8 Å². The fourth-order valence-electron chi connectivity index (χ4n) is 1.06. The summed E-state index contributed by atoms with van der Waals surface area (Å²) >= 11 is 0. The Bertz CT molecular complexity index is 289. The van der Waals surface area contributed by atoms with Crippen LogP contribution in [-0.2, 0) is 14.4 Å². The molecule has 0 aromatic heterocycles. The van der Waals surface area contributed by atoms with Crippen molar-refractivity contribution in [3.8, 4) is 0 Å². The van der Waals surface area contributed by atoms with Crippen LogP contribution in [0.4, 0.5) is 0 Å². The van der Waals surface area contributed by atoms with Crippen molar-refractivity contribution in [3.05, 3.63) is 0 Å². The number of nitrogens with one attached hydrogen (secondary N) is 2. The van der Waals surface area contributed by atoms with Crippen LogP contribution < -0.4 is 10.6 Å². The molecule has 98 valence electrons. The smallest absolute Gasteiger partial charge is 0.303 e. The second kappa shape index (κ2) is 7.65. The summed E-state index contributed by atoms with van der Waals surface area (Å²) in [5.41, 5.74) is 0. The Morgan fingerprint density at radius 1 is 1.12 bits per heavy atom. The maximum Gasteiger partial charge on any atom is 0.303 e. The number of aliphatic carboxylic acids is 1. The van der Waals surface area contributed by atoms with E-state index in [-0.39, 0.29) is 18.7 Å². The Balaban J connectivity index is 3.90. The van der Waals surface area contributed by atoms with Crippen molar-refractivity contribution < 1.29 is 19.5 Å². The van der Waals surface area contributed by atoms with E-state index in [1.54, 1.807) is 6.92 Å². The fourth-order valence-corrected chi connectivity index (χ4v) is 1.06. The molecule has 2 amide bonds. The molecule has 0 aliphatic rings. The van der Waals surface area contributed by atoms with Crippen molar-refractivity contribution in [2.45, 2.75) is 39.7 Å². The van der Waals surface area contributed by atoms with Crippen molar-refractivity contribution in [1.82, 2.24) is 10.6 Å². The van der Waals surface area contributed by atoms with Crippen LogP contribution in [0, 0.1) is 5.92 Å². The van der Waals surface area contributed by atoms with Gasteiger partial charge in [0.1, 0.15) is 6.04 Å². The van der Waals surface area contributed by atoms with Gasteiger partial charge in [-0.2, -0.15) is 0 Å². The molecule has 0 heterocycles. The minimum absolute atomic E-state index is 0.114. The molecular weight excluding hydrogens is 224 g/mol. The van der Waals surface area contributed by atoms with Crippen LogP contribution in [0.3, 0.4) is 0 Å². The summed E-state index contributed by atoms with van der Waals surface area (Å²) in [4.78, 5) is 33.0. The van der Waals surface area contributed by atoms with Crippen molar-refractivity contribution in [1.29, 1.82) is 0 Å². The summed E-state index contributed by atoms with van der Waals surface area (Å²) in [5.74, 6) is -1.38. The molecule has 17 heavy (non-hydrogen) atoms. The van der Waals surface area contributed by atoms with E-state index in [0.717, 1.165) is 0 Å². The number of rotatable bonds is 7. The lowest BCUT2D eigenvalue weighted by molar-refractivity contribution is -0.139. The number of carbonyl (C=O) groups is 3. The average molecular weight is 244 g/mol. The van der Waals surface area contributed by atoms with Crippen LogP contribution in [0.15, 0.2) is 0 Å². The highest BCUT2D eigenvalue weighted by Crippen LogP contribution is 1.92. The molecule has 0 saturated carbocycles. The summed E-state index contributed by atoms with van der Waals surface area (Å²) in [6, 6.07) is -0.643. The van der Waals surface area contributed by atoms with Gasteiger partial charge >= 0.3 is 5.97 Å². The van der Waals surface area contributed by atoms with Gasteiger partial charge in [0.05, 0.1) is 6.42 Å². The Hall–Kier alpha value is -1.59. The van der Waals surface area contributed by atoms with Gasteiger partial charge in [-0.1, -0.05) is 13.8 Å². The first-order valence-electron chi connectivity index (χ1n) is 5.61. The number of hydrogen-bond donors (Lipinski definition) is 3. The highest BCUT2D eigenvalue weighted by Gasteiger charge is 2.15. The van der Waals surface area contributed by atoms with Gasteiger partial charge in [0.15, 0.2) is 0 Å². The molecule has 0 aliphatic carbocycles. The van der Waals surface area contributed by atoms with E-state index in [9.17, 15) is 14.4 Å². The van der Waals surface area contributed by atoms with E-state index in [1.165, 1.54) is 0 Å². The number of hydrogen-bond acceptors (Lipinski definition) is 3. The molecule has 1 atom stereocenters. The van der Waals surface area contributed by atoms with Crippen LogP contribution in [0.2, 0.25) is 0 Å². The minimum atomic E-state index is -1.03. The highest BCUT2D eigenvalue weighted by molar-refractivity contribution is 5.88. The zero-order valence-electron chi connectivity index (χ0n) is 10.4. The standard InChI is InChI=1S/C11H20N2O4/c1-7(2)6-12-11(17)8(3)13-9(14)4-5-10(15)16/h7-8H,4-6H2,1-3H3,(H,12,17)(H,13,14)(H,15,16). The number of carbonyl (C=O) groups excluding carboxylic acids is 2. The molecular formula is C11H20N2O4. The number of amides is 2. The van der Waals surface area contributed by atoms with Gasteiger partial charge in [-0.15, -0.1) is 0 Å². The van der Waals surface area contributed by atoms with Gasteiger partial charge in [0, 0.05) is 13.0 Å². The molecule has 0 radical (unpaired) electrons. The molecule has 0 aromatic rings. The van der Waals surface area contributed by atoms with Gasteiger partial charge in [-0.25, -0.2) is 0 Å². The molecule has 0 fully saturated rings. The Morgan fingerprint density at radius 2 is 1.71 bits per heavy atom. The van der Waals surface area contributed by atoms with Crippen LogP contribution >= 0.6 is 0 Å². The van der Waals surface area contributed by atoms with Crippen molar-refractivity contribution >= 4 is 17.8 Å². The monoisotopic (exact) mass is 244 g/mol. The van der Waals surface area contributed by atoms with E-state index in [4.69, 9.17) is 5.11 Å². The zero-order valence-corrected chi connectivity index (χ0v) is 10.4. The quantitative estimate of drug-likeness (QED) is 0.593. The highest BCUT2D eigenvalue weighted by atomic mass is 16.4. The molecule has 0 rings (SSSR count). The first kappa shape index (κ1) is 15.4. The lowest BCUT2D eigenvalue weighted by Crippen LogP contribution is -2.45. The van der Waals surface area contributed by atoms with E-state index < -0.39 is 17.9 Å². The summed E-state index contributed by atoms with van der Waals surface area (Å²) in [7, 11) is 0. The third-order valence-corrected chi connectivity index (χ3v) is 2.02. The molecule has 1 unspecified atom stereocenters. The molecule has 0 spiro atoms. The third-order valence-electron chi connectivity index (χ3n) is 2.02. The normalized spacial score (nSPS) is 12.0. The number of carboxylic acid groups (broad SMARTS) is 1. The average Bonchev–Trinajstić information content (AvgIpc) is 2.22. The Morgan fingerprint density at radius 3 is 2.18 bits per heavy atom. The third kappa shape index (κ3) is 8.24. The molecule has 0 aromatic carbocycles. The van der Waals surface area contributed by atoms with Crippen molar-refractivity contribution in [3.63, 3.8) is 0 Å². The lowest BCUT2D eigenvalue weighted by atomic mass is 10.2. The molecule has 3 N–H and O–H groups in total. The van der Waals surface area contributed by atoms with E-state index in [0.29, 0.717) is 12.5 Å². The van der Waals surface area contributed by atoms with Crippen LogP contribution in [0.1, 0.15) is 33.6 Å². The Labute approximate surface area is 101 Å². The zero-order chi connectivity index (χ0) is 13.4. The summed E-state index contributed by atoms with van der Waals surface area (Å²) in [6.07, 6.45) is -0.344. The van der Waals surface area contributed by atoms with Crippen molar-refractivity contribution in [2.75, 3.05) is 6.54 Å². The summed E-state index contributed by atoms with van der Waals surface area (Å²) < 4.78 is 0. The van der Waals surface area contributed by atoms with Gasteiger partial charge in [-0.05, 0) is 12.8 Å². The van der Waals surface area contributed by atoms with E-state index >= 15 is 0 Å². The van der Waals surface area contributed by atoms with Gasteiger partial charge in [0.2, 0.25) is 11.8 Å². The van der Waals surface area contributed by atoms with Crippen LogP contribution in [0.25, 0.3) is 0 Å². The molecule has 0 aliphatic heterocycles. The van der Waals surface area contributed by atoms with Gasteiger partial charge < -0.3 is 15.7 Å². The SMILES string of the molecule is CC(C)CNC(=O)C(C)NC(=O)CCC(=O)O. The Kier molecular flexibility index (Phi) is 6.93.